The maximum absolute atomic E-state index is 12.7. The highest BCUT2D eigenvalue weighted by molar-refractivity contribution is 6.08. The number of amides is 4. The number of halogens is 3. The second-order valence-electron chi connectivity index (χ2n) is 7.33. The van der Waals surface area contributed by atoms with Crippen molar-refractivity contribution in [1.82, 2.24) is 15.5 Å². The van der Waals surface area contributed by atoms with Crippen LogP contribution in [0.5, 0.6) is 0 Å². The summed E-state index contributed by atoms with van der Waals surface area (Å²) in [7, 11) is 0. The van der Waals surface area contributed by atoms with E-state index in [9.17, 15) is 27.6 Å². The first-order chi connectivity index (χ1) is 16.1. The Morgan fingerprint density at radius 1 is 1.03 bits per heavy atom. The number of hydrogen-bond donors (Lipinski definition) is 4. The molecule has 0 aromatic heterocycles. The first kappa shape index (κ1) is 24.7. The number of rotatable bonds is 5. The molecule has 4 amide bonds. The summed E-state index contributed by atoms with van der Waals surface area (Å²) >= 11 is 0. The van der Waals surface area contributed by atoms with Crippen LogP contribution in [0.15, 0.2) is 54.6 Å². The standard InChI is InChI=1S/C22H22F3N5O4/c23-22(24,25)20(32)29-18(26)14-6-8-15(9-7-14)19(31)27-12-17-13-34-11-10-30(17)21(33)28-16-4-2-1-3-5-16/h1-9,17H,10-13H2,(H,27,31)(H,28,33)(H2,26,29,32). The normalized spacial score (nSPS) is 15.9. The van der Waals surface area contributed by atoms with Gasteiger partial charge in [0.25, 0.3) is 5.91 Å². The summed E-state index contributed by atoms with van der Waals surface area (Å²) in [5.74, 6) is -3.48. The second kappa shape index (κ2) is 10.8. The Morgan fingerprint density at radius 3 is 2.32 bits per heavy atom. The quantitative estimate of drug-likeness (QED) is 0.390. The number of carbonyl (C=O) groups excluding carboxylic acids is 3. The number of nitrogens with one attached hydrogen (secondary N) is 4. The lowest BCUT2D eigenvalue weighted by Gasteiger charge is -2.35. The van der Waals surface area contributed by atoms with Gasteiger partial charge in [-0.25, -0.2) is 4.79 Å². The predicted octanol–water partition coefficient (Wildman–Crippen LogP) is 2.35. The van der Waals surface area contributed by atoms with Gasteiger partial charge in [0.15, 0.2) is 0 Å². The van der Waals surface area contributed by atoms with E-state index >= 15 is 0 Å². The first-order valence-electron chi connectivity index (χ1n) is 10.2. The van der Waals surface area contributed by atoms with Crippen molar-refractivity contribution in [1.29, 1.82) is 5.41 Å². The smallest absolute Gasteiger partial charge is 0.377 e. The summed E-state index contributed by atoms with van der Waals surface area (Å²) < 4.78 is 42.4. The summed E-state index contributed by atoms with van der Waals surface area (Å²) in [4.78, 5) is 37.7. The van der Waals surface area contributed by atoms with Crippen LogP contribution in [0.2, 0.25) is 0 Å². The fourth-order valence-electron chi connectivity index (χ4n) is 3.17. The predicted molar refractivity (Wildman–Crippen MR) is 117 cm³/mol. The minimum absolute atomic E-state index is 0.00131. The summed E-state index contributed by atoms with van der Waals surface area (Å²) in [6.07, 6.45) is -5.11. The molecule has 3 rings (SSSR count). The SMILES string of the molecule is N=C(NC(=O)C(F)(F)F)c1ccc(C(=O)NCC2COCCN2C(=O)Nc2ccccc2)cc1. The zero-order chi connectivity index (χ0) is 24.7. The molecule has 1 fully saturated rings. The third-order valence-corrected chi connectivity index (χ3v) is 4.94. The Labute approximate surface area is 192 Å². The number of hydrogen-bond acceptors (Lipinski definition) is 5. The Balaban J connectivity index is 1.55. The van der Waals surface area contributed by atoms with Crippen LogP contribution in [0.25, 0.3) is 0 Å². The molecule has 12 heteroatoms. The molecule has 0 spiro atoms. The number of benzene rings is 2. The van der Waals surface area contributed by atoms with E-state index in [0.717, 1.165) is 0 Å². The maximum atomic E-state index is 12.7. The number of carbonyl (C=O) groups is 3. The molecule has 2 aromatic rings. The number of amidine groups is 1. The monoisotopic (exact) mass is 477 g/mol. The van der Waals surface area contributed by atoms with Gasteiger partial charge in [0, 0.05) is 29.9 Å². The zero-order valence-electron chi connectivity index (χ0n) is 17.8. The van der Waals surface area contributed by atoms with Gasteiger partial charge in [0.2, 0.25) is 0 Å². The third-order valence-electron chi connectivity index (χ3n) is 4.94. The second-order valence-corrected chi connectivity index (χ2v) is 7.33. The summed E-state index contributed by atoms with van der Waals surface area (Å²) in [5.41, 5.74) is 0.827. The molecular weight excluding hydrogens is 455 g/mol. The molecule has 2 aromatic carbocycles. The average molecular weight is 477 g/mol. The number of urea groups is 1. The largest absolute Gasteiger partial charge is 0.471 e. The topological polar surface area (TPSA) is 124 Å². The van der Waals surface area contributed by atoms with Crippen molar-refractivity contribution in [2.45, 2.75) is 12.2 Å². The van der Waals surface area contributed by atoms with Crippen molar-refractivity contribution < 1.29 is 32.3 Å². The minimum Gasteiger partial charge on any atom is -0.377 e. The molecule has 9 nitrogen and oxygen atoms in total. The molecule has 0 saturated carbocycles. The number of para-hydroxylation sites is 1. The van der Waals surface area contributed by atoms with Gasteiger partial charge in [0.1, 0.15) is 5.84 Å². The van der Waals surface area contributed by atoms with Crippen molar-refractivity contribution in [3.8, 4) is 0 Å². The zero-order valence-corrected chi connectivity index (χ0v) is 17.8. The van der Waals surface area contributed by atoms with E-state index in [1.165, 1.54) is 29.6 Å². The summed E-state index contributed by atoms with van der Waals surface area (Å²) in [5, 5.41) is 14.5. The van der Waals surface area contributed by atoms with E-state index in [0.29, 0.717) is 18.8 Å². The molecule has 1 aliphatic heterocycles. The van der Waals surface area contributed by atoms with Gasteiger partial charge in [-0.1, -0.05) is 30.3 Å². The molecule has 1 heterocycles. The molecule has 0 radical (unpaired) electrons. The van der Waals surface area contributed by atoms with Crippen molar-refractivity contribution in [2.24, 2.45) is 0 Å². The Hall–Kier alpha value is -3.93. The van der Waals surface area contributed by atoms with E-state index in [-0.39, 0.29) is 30.3 Å². The molecule has 1 saturated heterocycles. The fraction of sp³-hybridized carbons (Fsp3) is 0.273. The fourth-order valence-corrected chi connectivity index (χ4v) is 3.17. The molecule has 4 N–H and O–H groups in total. The van der Waals surface area contributed by atoms with Crippen molar-refractivity contribution in [2.75, 3.05) is 31.6 Å². The van der Waals surface area contributed by atoms with Gasteiger partial charge in [-0.2, -0.15) is 13.2 Å². The highest BCUT2D eigenvalue weighted by atomic mass is 19.4. The lowest BCUT2D eigenvalue weighted by Crippen LogP contribution is -2.54. The Bertz CT molecular complexity index is 1040. The van der Waals surface area contributed by atoms with Crippen molar-refractivity contribution >= 4 is 29.4 Å². The molecule has 0 aliphatic carbocycles. The van der Waals surface area contributed by atoms with Crippen LogP contribution < -0.4 is 16.0 Å². The highest BCUT2D eigenvalue weighted by Gasteiger charge is 2.39. The van der Waals surface area contributed by atoms with E-state index in [1.807, 2.05) is 6.07 Å². The first-order valence-corrected chi connectivity index (χ1v) is 10.2. The number of anilines is 1. The van der Waals surface area contributed by atoms with Crippen LogP contribution in [-0.2, 0) is 9.53 Å². The molecule has 1 aliphatic rings. The number of ether oxygens (including phenoxy) is 1. The van der Waals surface area contributed by atoms with Crippen molar-refractivity contribution in [3.05, 3.63) is 65.7 Å². The van der Waals surface area contributed by atoms with Gasteiger partial charge >= 0.3 is 18.1 Å². The molecular formula is C22H22F3N5O4. The van der Waals surface area contributed by atoms with Crippen LogP contribution in [0.1, 0.15) is 15.9 Å². The third kappa shape index (κ3) is 6.54. The lowest BCUT2D eigenvalue weighted by atomic mass is 10.1. The number of morpholine rings is 1. The van der Waals surface area contributed by atoms with Gasteiger partial charge in [-0.15, -0.1) is 0 Å². The van der Waals surface area contributed by atoms with Crippen LogP contribution in [0.3, 0.4) is 0 Å². The Kier molecular flexibility index (Phi) is 7.84. The number of alkyl halides is 3. The van der Waals surface area contributed by atoms with Gasteiger partial charge in [0.05, 0.1) is 19.3 Å². The highest BCUT2D eigenvalue weighted by Crippen LogP contribution is 2.15. The van der Waals surface area contributed by atoms with E-state index in [2.05, 4.69) is 10.6 Å². The van der Waals surface area contributed by atoms with E-state index in [1.54, 1.807) is 29.2 Å². The van der Waals surface area contributed by atoms with E-state index < -0.39 is 29.9 Å². The summed E-state index contributed by atoms with van der Waals surface area (Å²) in [6, 6.07) is 13.3. The molecule has 1 atom stereocenters. The van der Waals surface area contributed by atoms with Crippen molar-refractivity contribution in [3.63, 3.8) is 0 Å². The van der Waals surface area contributed by atoms with Crippen LogP contribution in [0.4, 0.5) is 23.7 Å². The molecule has 180 valence electrons. The average Bonchev–Trinajstić information content (AvgIpc) is 2.82. The molecule has 1 unspecified atom stereocenters. The van der Waals surface area contributed by atoms with E-state index in [4.69, 9.17) is 10.1 Å². The summed E-state index contributed by atoms with van der Waals surface area (Å²) in [6.45, 7) is 1.06. The Morgan fingerprint density at radius 2 is 1.68 bits per heavy atom. The maximum Gasteiger partial charge on any atom is 0.471 e. The van der Waals surface area contributed by atoms with Crippen LogP contribution in [-0.4, -0.2) is 67.1 Å². The van der Waals surface area contributed by atoms with Gasteiger partial charge < -0.3 is 25.6 Å². The molecule has 34 heavy (non-hydrogen) atoms. The van der Waals surface area contributed by atoms with Crippen LogP contribution in [0, 0.1) is 5.41 Å². The van der Waals surface area contributed by atoms with Gasteiger partial charge in [-0.05, 0) is 24.3 Å². The minimum atomic E-state index is -5.11. The number of nitrogens with zero attached hydrogens (tertiary/aromatic N) is 1. The van der Waals surface area contributed by atoms with Gasteiger partial charge in [-0.3, -0.25) is 15.0 Å². The lowest BCUT2D eigenvalue weighted by molar-refractivity contribution is -0.171. The molecule has 0 bridgehead atoms. The van der Waals surface area contributed by atoms with Crippen LogP contribution >= 0.6 is 0 Å².